The Bertz CT molecular complexity index is 1790. The monoisotopic (exact) mass is 640 g/mol. The first-order valence-electron chi connectivity index (χ1n) is 15.0. The molecule has 0 spiro atoms. The van der Waals surface area contributed by atoms with Crippen molar-refractivity contribution in [3.63, 3.8) is 0 Å². The van der Waals surface area contributed by atoms with Crippen molar-refractivity contribution in [1.82, 2.24) is 9.62 Å². The highest BCUT2D eigenvalue weighted by atomic mass is 32.2. The van der Waals surface area contributed by atoms with Crippen LogP contribution in [0.1, 0.15) is 39.9 Å². The van der Waals surface area contributed by atoms with Crippen LogP contribution < -0.4 is 5.32 Å². The van der Waals surface area contributed by atoms with Gasteiger partial charge in [-0.15, -0.1) is 0 Å². The summed E-state index contributed by atoms with van der Waals surface area (Å²) in [5.41, 5.74) is 4.35. The largest absolute Gasteiger partial charge is 0.465 e. The number of aryl methyl sites for hydroxylation is 1. The van der Waals surface area contributed by atoms with Crippen LogP contribution in [-0.2, 0) is 42.1 Å². The first-order chi connectivity index (χ1) is 22.2. The van der Waals surface area contributed by atoms with Crippen LogP contribution in [0.2, 0.25) is 0 Å². The average molecular weight is 641 g/mol. The fourth-order valence-corrected chi connectivity index (χ4v) is 7.16. The smallest absolute Gasteiger partial charge is 0.338 e. The molecule has 1 aliphatic rings. The summed E-state index contributed by atoms with van der Waals surface area (Å²) in [4.78, 5) is 39.5. The van der Waals surface area contributed by atoms with Crippen molar-refractivity contribution < 1.29 is 32.3 Å². The van der Waals surface area contributed by atoms with Gasteiger partial charge in [0.25, 0.3) is 0 Å². The highest BCUT2D eigenvalue weighted by Crippen LogP contribution is 2.28. The Morgan fingerprint density at radius 1 is 0.870 bits per heavy atom. The first kappa shape index (κ1) is 32.6. The maximum atomic E-state index is 13.7. The predicted octanol–water partition coefficient (Wildman–Crippen LogP) is 5.07. The van der Waals surface area contributed by atoms with Gasteiger partial charge >= 0.3 is 11.9 Å². The molecule has 0 aromatic heterocycles. The number of esters is 2. The van der Waals surface area contributed by atoms with Gasteiger partial charge in [-0.05, 0) is 60.2 Å². The Balaban J connectivity index is 1.36. The molecule has 0 radical (unpaired) electrons. The molecule has 0 bridgehead atoms. The summed E-state index contributed by atoms with van der Waals surface area (Å²) in [5, 5.41) is 2.80. The number of hydrogen-bond acceptors (Lipinski definition) is 7. The fraction of sp³-hybridized carbons (Fsp3) is 0.250. The van der Waals surface area contributed by atoms with Gasteiger partial charge in [0.05, 0.1) is 17.6 Å². The van der Waals surface area contributed by atoms with Gasteiger partial charge in [-0.1, -0.05) is 90.5 Å². The Morgan fingerprint density at radius 3 is 2.24 bits per heavy atom. The number of methoxy groups -OCH3 is 1. The van der Waals surface area contributed by atoms with Gasteiger partial charge in [0.2, 0.25) is 15.9 Å². The van der Waals surface area contributed by atoms with E-state index in [1.54, 1.807) is 24.3 Å². The van der Waals surface area contributed by atoms with Crippen molar-refractivity contribution in [1.29, 1.82) is 0 Å². The van der Waals surface area contributed by atoms with Crippen molar-refractivity contribution >= 4 is 27.9 Å². The number of rotatable bonds is 11. The molecule has 4 aromatic rings. The molecule has 0 aliphatic carbocycles. The summed E-state index contributed by atoms with van der Waals surface area (Å²) >= 11 is 0. The van der Waals surface area contributed by atoms with Crippen LogP contribution in [0.3, 0.4) is 0 Å². The Labute approximate surface area is 269 Å². The summed E-state index contributed by atoms with van der Waals surface area (Å²) < 4.78 is 38.7. The molecule has 0 saturated carbocycles. The molecule has 10 heteroatoms. The summed E-state index contributed by atoms with van der Waals surface area (Å²) in [6.07, 6.45) is 0.952. The molecular weight excluding hydrogens is 604 g/mol. The fourth-order valence-electron chi connectivity index (χ4n) is 5.50. The molecule has 0 unspecified atom stereocenters. The first-order valence-corrected chi connectivity index (χ1v) is 16.5. The van der Waals surface area contributed by atoms with E-state index < -0.39 is 40.0 Å². The van der Waals surface area contributed by atoms with Gasteiger partial charge in [-0.25, -0.2) is 18.0 Å². The summed E-state index contributed by atoms with van der Waals surface area (Å²) in [5.74, 6) is -1.64. The molecule has 1 saturated heterocycles. The van der Waals surface area contributed by atoms with Gasteiger partial charge in [-0.2, -0.15) is 4.31 Å². The quantitative estimate of drug-likeness (QED) is 0.227. The third-order valence-corrected chi connectivity index (χ3v) is 9.92. The molecule has 9 nitrogen and oxygen atoms in total. The zero-order chi connectivity index (χ0) is 32.7. The van der Waals surface area contributed by atoms with Gasteiger partial charge in [-0.3, -0.25) is 4.79 Å². The molecule has 4 aromatic carbocycles. The highest BCUT2D eigenvalue weighted by molar-refractivity contribution is 7.89. The highest BCUT2D eigenvalue weighted by Gasteiger charge is 2.40. The Morgan fingerprint density at radius 2 is 1.54 bits per heavy atom. The summed E-state index contributed by atoms with van der Waals surface area (Å²) in [7, 11) is -2.60. The minimum atomic E-state index is -3.93. The number of sulfonamides is 1. The molecule has 1 fully saturated rings. The lowest BCUT2D eigenvalue weighted by atomic mass is 9.97. The second-order valence-electron chi connectivity index (χ2n) is 11.2. The van der Waals surface area contributed by atoms with Crippen LogP contribution in [-0.4, -0.2) is 56.3 Å². The third-order valence-electron chi connectivity index (χ3n) is 8.00. The van der Waals surface area contributed by atoms with E-state index in [2.05, 4.69) is 5.32 Å². The van der Waals surface area contributed by atoms with Gasteiger partial charge in [0.1, 0.15) is 18.7 Å². The predicted molar refractivity (Wildman–Crippen MR) is 173 cm³/mol. The average Bonchev–Trinajstić information content (AvgIpc) is 3.59. The maximum Gasteiger partial charge on any atom is 0.338 e. The lowest BCUT2D eigenvalue weighted by Crippen LogP contribution is -2.51. The SMILES string of the molecule is COC(=O)c1ccccc1-c1ccc(C[C@H](NC(=O)[C@@H]2CCCN2S(=O)(=O)c2ccc(C)cc2)C(=O)OCc2ccccc2)cc1. The van der Waals surface area contributed by atoms with Crippen LogP contribution in [0.5, 0.6) is 0 Å². The number of nitrogens with zero attached hydrogens (tertiary/aromatic N) is 1. The number of carbonyl (C=O) groups excluding carboxylic acids is 3. The molecule has 1 amide bonds. The summed E-state index contributed by atoms with van der Waals surface area (Å²) in [6.45, 7) is 2.09. The van der Waals surface area contributed by atoms with Crippen LogP contribution in [0, 0.1) is 6.92 Å². The molecule has 5 rings (SSSR count). The van der Waals surface area contributed by atoms with Crippen molar-refractivity contribution in [3.05, 3.63) is 125 Å². The lowest BCUT2D eigenvalue weighted by molar-refractivity contribution is -0.149. The number of amides is 1. The maximum absolute atomic E-state index is 13.7. The number of ether oxygens (including phenoxy) is 2. The second-order valence-corrected chi connectivity index (χ2v) is 13.1. The number of benzene rings is 4. The van der Waals surface area contributed by atoms with E-state index in [0.29, 0.717) is 24.0 Å². The van der Waals surface area contributed by atoms with Crippen molar-refractivity contribution in [2.45, 2.75) is 49.8 Å². The number of hydrogen-bond donors (Lipinski definition) is 1. The molecular formula is C36H36N2O7S. The van der Waals surface area contributed by atoms with Crippen molar-refractivity contribution in [2.24, 2.45) is 0 Å². The van der Waals surface area contributed by atoms with Crippen LogP contribution in [0.4, 0.5) is 0 Å². The van der Waals surface area contributed by atoms with E-state index in [9.17, 15) is 22.8 Å². The molecule has 238 valence electrons. The minimum Gasteiger partial charge on any atom is -0.465 e. The third kappa shape index (κ3) is 7.52. The van der Waals surface area contributed by atoms with Crippen LogP contribution >= 0.6 is 0 Å². The molecule has 1 N–H and O–H groups in total. The normalized spacial score (nSPS) is 15.6. The number of carbonyl (C=O) groups is 3. The van der Waals surface area contributed by atoms with E-state index in [-0.39, 0.29) is 24.5 Å². The van der Waals surface area contributed by atoms with Gasteiger partial charge < -0.3 is 14.8 Å². The topological polar surface area (TPSA) is 119 Å². The zero-order valence-electron chi connectivity index (χ0n) is 25.7. The second kappa shape index (κ2) is 14.5. The molecule has 2 atom stereocenters. The molecule has 1 heterocycles. The van der Waals surface area contributed by atoms with E-state index in [1.807, 2.05) is 73.7 Å². The van der Waals surface area contributed by atoms with E-state index in [4.69, 9.17) is 9.47 Å². The van der Waals surface area contributed by atoms with E-state index in [0.717, 1.165) is 22.3 Å². The van der Waals surface area contributed by atoms with Crippen LogP contribution in [0.15, 0.2) is 108 Å². The van der Waals surface area contributed by atoms with E-state index >= 15 is 0 Å². The van der Waals surface area contributed by atoms with Crippen molar-refractivity contribution in [2.75, 3.05) is 13.7 Å². The standard InChI is InChI=1S/C36H36N2O7S/c1-25-14-20-29(21-15-25)46(42,43)38-22-8-13-33(38)34(39)37-32(36(41)45-24-27-9-4-3-5-10-27)23-26-16-18-28(19-17-26)30-11-6-7-12-31(30)35(40)44-2/h3-7,9-12,14-21,32-33H,8,13,22-24H2,1-2H3,(H,37,39)/t32-,33-/m0/s1. The van der Waals surface area contributed by atoms with Gasteiger partial charge in [0.15, 0.2) is 0 Å². The minimum absolute atomic E-state index is 0.0205. The Kier molecular flexibility index (Phi) is 10.3. The molecule has 1 aliphatic heterocycles. The molecule has 46 heavy (non-hydrogen) atoms. The number of nitrogens with one attached hydrogen (secondary N) is 1. The van der Waals surface area contributed by atoms with Crippen molar-refractivity contribution in [3.8, 4) is 11.1 Å². The Hall–Kier alpha value is -4.80. The summed E-state index contributed by atoms with van der Waals surface area (Å²) in [6, 6.07) is 28.1. The van der Waals surface area contributed by atoms with Crippen LogP contribution in [0.25, 0.3) is 11.1 Å². The van der Waals surface area contributed by atoms with E-state index in [1.165, 1.54) is 23.5 Å². The zero-order valence-corrected chi connectivity index (χ0v) is 26.5. The lowest BCUT2D eigenvalue weighted by Gasteiger charge is -2.26. The van der Waals surface area contributed by atoms with Gasteiger partial charge in [0, 0.05) is 13.0 Å².